The Hall–Kier alpha value is -1.70. The average molecular weight is 442 g/mol. The molecule has 1 aromatic heterocycles. The van der Waals surface area contributed by atoms with Crippen LogP contribution in [0.15, 0.2) is 53.8 Å². The third-order valence-corrected chi connectivity index (χ3v) is 3.35. The molecule has 0 unspecified atom stereocenters. The number of benzene rings is 1. The fourth-order valence-electron chi connectivity index (χ4n) is 2.26. The maximum absolute atomic E-state index is 5.65. The summed E-state index contributed by atoms with van der Waals surface area (Å²) in [6, 6.07) is 12.1. The molecule has 2 aromatic rings. The molecule has 0 aliphatic rings. The summed E-state index contributed by atoms with van der Waals surface area (Å²) in [4.78, 5) is 4.65. The number of halogens is 1. The minimum Gasteiger partial charge on any atom is -0.494 e. The van der Waals surface area contributed by atoms with Gasteiger partial charge in [0.2, 0.25) is 0 Å². The summed E-state index contributed by atoms with van der Waals surface area (Å²) in [5.41, 5.74) is 1.09. The van der Waals surface area contributed by atoms with Crippen LogP contribution in [0.4, 0.5) is 0 Å². The van der Waals surface area contributed by atoms with Gasteiger partial charge in [0.25, 0.3) is 0 Å². The molecule has 0 radical (unpaired) electrons. The van der Waals surface area contributed by atoms with Crippen LogP contribution >= 0.6 is 24.0 Å². The predicted molar refractivity (Wildman–Crippen MR) is 110 cm³/mol. The minimum atomic E-state index is 0. The van der Waals surface area contributed by atoms with Crippen LogP contribution in [0, 0.1) is 0 Å². The van der Waals surface area contributed by atoms with Crippen molar-refractivity contribution in [3.63, 3.8) is 0 Å². The maximum Gasteiger partial charge on any atom is 0.191 e. The second-order valence-electron chi connectivity index (χ2n) is 5.08. The van der Waals surface area contributed by atoms with Crippen LogP contribution in [0.5, 0.6) is 5.75 Å². The Morgan fingerprint density at radius 3 is 2.54 bits per heavy atom. The highest BCUT2D eigenvalue weighted by Gasteiger charge is 2.03. The summed E-state index contributed by atoms with van der Waals surface area (Å²) in [6.45, 7) is 7.89. The summed E-state index contributed by atoms with van der Waals surface area (Å²) >= 11 is 0. The van der Waals surface area contributed by atoms with E-state index in [0.29, 0.717) is 13.2 Å². The Morgan fingerprint density at radius 1 is 1.08 bits per heavy atom. The molecule has 0 bridgehead atoms. The van der Waals surface area contributed by atoms with Crippen LogP contribution in [0.1, 0.15) is 19.4 Å². The highest BCUT2D eigenvalue weighted by molar-refractivity contribution is 14.0. The SMILES string of the molecule is CCNC(=NCc1ccccc1OCC)NCCn1cccc1.I. The van der Waals surface area contributed by atoms with Gasteiger partial charge >= 0.3 is 0 Å². The van der Waals surface area contributed by atoms with Gasteiger partial charge in [0.15, 0.2) is 5.96 Å². The van der Waals surface area contributed by atoms with Gasteiger partial charge in [0, 0.05) is 37.6 Å². The first-order valence-corrected chi connectivity index (χ1v) is 8.17. The first kappa shape index (κ1) is 20.3. The number of ether oxygens (including phenoxy) is 1. The van der Waals surface area contributed by atoms with Crippen LogP contribution in [0.25, 0.3) is 0 Å². The van der Waals surface area contributed by atoms with Gasteiger partial charge < -0.3 is 19.9 Å². The van der Waals surface area contributed by atoms with E-state index in [-0.39, 0.29) is 24.0 Å². The maximum atomic E-state index is 5.65. The first-order chi connectivity index (χ1) is 11.3. The number of nitrogens with zero attached hydrogens (tertiary/aromatic N) is 2. The van der Waals surface area contributed by atoms with E-state index in [4.69, 9.17) is 4.74 Å². The molecule has 5 nitrogen and oxygen atoms in total. The third kappa shape index (κ3) is 6.82. The molecule has 24 heavy (non-hydrogen) atoms. The zero-order valence-electron chi connectivity index (χ0n) is 14.4. The molecule has 0 atom stereocenters. The Labute approximate surface area is 161 Å². The van der Waals surface area contributed by atoms with Crippen LogP contribution in [-0.4, -0.2) is 30.2 Å². The van der Waals surface area contributed by atoms with E-state index in [0.717, 1.165) is 36.9 Å². The number of guanidine groups is 1. The second-order valence-corrected chi connectivity index (χ2v) is 5.08. The molecular formula is C18H27IN4O. The summed E-state index contributed by atoms with van der Waals surface area (Å²) in [5.74, 6) is 1.73. The lowest BCUT2D eigenvalue weighted by molar-refractivity contribution is 0.336. The summed E-state index contributed by atoms with van der Waals surface area (Å²) in [5, 5.41) is 6.63. The predicted octanol–water partition coefficient (Wildman–Crippen LogP) is 3.26. The number of hydrogen-bond donors (Lipinski definition) is 2. The number of aliphatic imine (C=N–C) groups is 1. The van der Waals surface area contributed by atoms with E-state index in [1.54, 1.807) is 0 Å². The molecule has 2 N–H and O–H groups in total. The van der Waals surface area contributed by atoms with Gasteiger partial charge in [-0.3, -0.25) is 0 Å². The zero-order chi connectivity index (χ0) is 16.3. The van der Waals surface area contributed by atoms with Gasteiger partial charge in [0.05, 0.1) is 13.2 Å². The van der Waals surface area contributed by atoms with E-state index in [1.165, 1.54) is 0 Å². The number of para-hydroxylation sites is 1. The summed E-state index contributed by atoms with van der Waals surface area (Å²) in [7, 11) is 0. The summed E-state index contributed by atoms with van der Waals surface area (Å²) < 4.78 is 7.79. The van der Waals surface area contributed by atoms with Crippen molar-refractivity contribution in [2.45, 2.75) is 26.9 Å². The van der Waals surface area contributed by atoms with Crippen LogP contribution in [0.2, 0.25) is 0 Å². The number of rotatable bonds is 8. The number of aromatic nitrogens is 1. The molecule has 0 aliphatic heterocycles. The Bertz CT molecular complexity index is 599. The topological polar surface area (TPSA) is 50.6 Å². The first-order valence-electron chi connectivity index (χ1n) is 8.17. The van der Waals surface area contributed by atoms with Crippen LogP contribution in [0.3, 0.4) is 0 Å². The fraction of sp³-hybridized carbons (Fsp3) is 0.389. The van der Waals surface area contributed by atoms with Crippen LogP contribution in [-0.2, 0) is 13.1 Å². The van der Waals surface area contributed by atoms with Crippen LogP contribution < -0.4 is 15.4 Å². The molecule has 1 aromatic carbocycles. The van der Waals surface area contributed by atoms with Crippen molar-refractivity contribution < 1.29 is 4.74 Å². The molecule has 0 saturated heterocycles. The molecule has 0 aliphatic carbocycles. The zero-order valence-corrected chi connectivity index (χ0v) is 16.7. The van der Waals surface area contributed by atoms with Gasteiger partial charge in [-0.2, -0.15) is 0 Å². The normalized spacial score (nSPS) is 10.8. The van der Waals surface area contributed by atoms with Crippen molar-refractivity contribution in [2.24, 2.45) is 4.99 Å². The van der Waals surface area contributed by atoms with Gasteiger partial charge in [-0.1, -0.05) is 18.2 Å². The van der Waals surface area contributed by atoms with Crippen molar-refractivity contribution in [2.75, 3.05) is 19.7 Å². The molecule has 0 fully saturated rings. The van der Waals surface area contributed by atoms with E-state index >= 15 is 0 Å². The van der Waals surface area contributed by atoms with Crippen molar-refractivity contribution in [3.05, 3.63) is 54.4 Å². The summed E-state index contributed by atoms with van der Waals surface area (Å²) in [6.07, 6.45) is 4.12. The molecule has 6 heteroatoms. The average Bonchev–Trinajstić information content (AvgIpc) is 3.07. The van der Waals surface area contributed by atoms with Gasteiger partial charge in [0.1, 0.15) is 5.75 Å². The number of hydrogen-bond acceptors (Lipinski definition) is 2. The molecule has 0 spiro atoms. The minimum absolute atomic E-state index is 0. The largest absolute Gasteiger partial charge is 0.494 e. The van der Waals surface area contributed by atoms with Gasteiger partial charge in [-0.25, -0.2) is 4.99 Å². The van der Waals surface area contributed by atoms with Crippen molar-refractivity contribution in [1.29, 1.82) is 0 Å². The fourth-order valence-corrected chi connectivity index (χ4v) is 2.26. The Balaban J connectivity index is 0.00000288. The quantitative estimate of drug-likeness (QED) is 0.375. The number of nitrogens with one attached hydrogen (secondary N) is 2. The molecule has 2 rings (SSSR count). The van der Waals surface area contributed by atoms with E-state index in [1.807, 2.05) is 37.3 Å². The molecule has 132 valence electrons. The smallest absolute Gasteiger partial charge is 0.191 e. The lowest BCUT2D eigenvalue weighted by Crippen LogP contribution is -2.38. The molecule has 0 saturated carbocycles. The molecule has 1 heterocycles. The standard InChI is InChI=1S/C18H26N4O.HI/c1-3-19-18(20-11-14-22-12-7-8-13-22)21-15-16-9-5-6-10-17(16)23-4-2;/h5-10,12-13H,3-4,11,14-15H2,1-2H3,(H2,19,20,21);1H. The van der Waals surface area contributed by atoms with Gasteiger partial charge in [-0.15, -0.1) is 24.0 Å². The van der Waals surface area contributed by atoms with E-state index in [2.05, 4.69) is 45.6 Å². The Morgan fingerprint density at radius 2 is 1.83 bits per heavy atom. The van der Waals surface area contributed by atoms with E-state index in [9.17, 15) is 0 Å². The van der Waals surface area contributed by atoms with E-state index < -0.39 is 0 Å². The molecule has 0 amide bonds. The molecular weight excluding hydrogens is 415 g/mol. The highest BCUT2D eigenvalue weighted by atomic mass is 127. The monoisotopic (exact) mass is 442 g/mol. The second kappa shape index (κ2) is 11.8. The lowest BCUT2D eigenvalue weighted by Gasteiger charge is -2.13. The van der Waals surface area contributed by atoms with Crippen molar-refractivity contribution in [1.82, 2.24) is 15.2 Å². The lowest BCUT2D eigenvalue weighted by atomic mass is 10.2. The van der Waals surface area contributed by atoms with Crippen molar-refractivity contribution >= 4 is 29.9 Å². The Kier molecular flexibility index (Phi) is 9.98. The van der Waals surface area contributed by atoms with Gasteiger partial charge in [-0.05, 0) is 32.0 Å². The van der Waals surface area contributed by atoms with Crippen molar-refractivity contribution in [3.8, 4) is 5.75 Å². The highest BCUT2D eigenvalue weighted by Crippen LogP contribution is 2.18. The third-order valence-electron chi connectivity index (χ3n) is 3.35.